The maximum absolute atomic E-state index is 14.6. The van der Waals surface area contributed by atoms with Gasteiger partial charge in [-0.2, -0.15) is 4.98 Å². The van der Waals surface area contributed by atoms with Crippen molar-refractivity contribution in [3.63, 3.8) is 0 Å². The summed E-state index contributed by atoms with van der Waals surface area (Å²) in [6.07, 6.45) is 13.3. The summed E-state index contributed by atoms with van der Waals surface area (Å²) < 4.78 is 21.4. The Morgan fingerprint density at radius 2 is 1.91 bits per heavy atom. The van der Waals surface area contributed by atoms with Crippen molar-refractivity contribution in [2.24, 2.45) is 0 Å². The number of benzene rings is 1. The first-order valence-corrected chi connectivity index (χ1v) is 10.8. The Labute approximate surface area is 196 Å². The van der Waals surface area contributed by atoms with E-state index < -0.39 is 5.82 Å². The summed E-state index contributed by atoms with van der Waals surface area (Å²) >= 11 is 2.35. The predicted octanol–water partition coefficient (Wildman–Crippen LogP) is 5.22. The summed E-state index contributed by atoms with van der Waals surface area (Å²) in [6.45, 7) is 2.10. The summed E-state index contributed by atoms with van der Waals surface area (Å²) in [5, 5.41) is 12.6. The maximum atomic E-state index is 14.6. The molecule has 7 nitrogen and oxygen atoms in total. The number of para-hydroxylation sites is 1. The van der Waals surface area contributed by atoms with Gasteiger partial charge in [0.05, 0.1) is 3.42 Å². The smallest absolute Gasteiger partial charge is 0.281 e. The van der Waals surface area contributed by atoms with Crippen LogP contribution in [0.3, 0.4) is 0 Å². The van der Waals surface area contributed by atoms with Crippen LogP contribution in [-0.2, 0) is 0 Å². The topological polar surface area (TPSA) is 82.5 Å². The second-order valence-corrected chi connectivity index (χ2v) is 9.60. The van der Waals surface area contributed by atoms with E-state index in [0.29, 0.717) is 17.2 Å². The molecule has 9 heteroatoms. The Morgan fingerprint density at radius 3 is 2.72 bits per heavy atom. The van der Waals surface area contributed by atoms with Gasteiger partial charge in [0.2, 0.25) is 5.82 Å². The molecule has 1 aliphatic carbocycles. The van der Waals surface area contributed by atoms with Crippen molar-refractivity contribution in [2.45, 2.75) is 10.3 Å². The number of hydrogen-bond acceptors (Lipinski definition) is 6. The lowest BCUT2D eigenvalue weighted by Crippen LogP contribution is -2.04. The molecule has 0 bridgehead atoms. The minimum Gasteiger partial charge on any atom is -0.332 e. The zero-order valence-electron chi connectivity index (χ0n) is 16.9. The molecule has 0 radical (unpaired) electrons. The van der Waals surface area contributed by atoms with Gasteiger partial charge >= 0.3 is 0 Å². The van der Waals surface area contributed by atoms with Crippen LogP contribution in [0, 0.1) is 5.82 Å². The SMILES string of the molecule is CC1(I)C=CC=C(c2noc(-c3nnn(-c4ccccc4F)c3-c3ccncc3)n2)C=C1. The molecule has 3 aromatic heterocycles. The monoisotopic (exact) mass is 538 g/mol. The largest absolute Gasteiger partial charge is 0.332 e. The Kier molecular flexibility index (Phi) is 5.25. The molecular formula is C23H16FIN6O. The lowest BCUT2D eigenvalue weighted by atomic mass is 10.1. The fourth-order valence-corrected chi connectivity index (χ4v) is 3.66. The normalized spacial score (nSPS) is 17.9. The number of hydrogen-bond donors (Lipinski definition) is 0. The van der Waals surface area contributed by atoms with Crippen LogP contribution in [0.4, 0.5) is 4.39 Å². The molecular weight excluding hydrogens is 522 g/mol. The first-order chi connectivity index (χ1) is 15.5. The summed E-state index contributed by atoms with van der Waals surface area (Å²) in [6, 6.07) is 9.94. The molecule has 32 heavy (non-hydrogen) atoms. The third-order valence-corrected chi connectivity index (χ3v) is 5.60. The lowest BCUT2D eigenvalue weighted by molar-refractivity contribution is 0.427. The lowest BCUT2D eigenvalue weighted by Gasteiger charge is -2.09. The van der Waals surface area contributed by atoms with E-state index in [9.17, 15) is 4.39 Å². The molecule has 158 valence electrons. The molecule has 0 saturated carbocycles. The van der Waals surface area contributed by atoms with Crippen molar-refractivity contribution < 1.29 is 8.91 Å². The van der Waals surface area contributed by atoms with E-state index in [1.165, 1.54) is 10.7 Å². The molecule has 5 rings (SSSR count). The molecule has 0 fully saturated rings. The van der Waals surface area contributed by atoms with Crippen molar-refractivity contribution in [3.8, 4) is 28.5 Å². The second-order valence-electron chi connectivity index (χ2n) is 7.27. The van der Waals surface area contributed by atoms with Crippen LogP contribution in [0.1, 0.15) is 12.7 Å². The number of rotatable bonds is 4. The van der Waals surface area contributed by atoms with E-state index >= 15 is 0 Å². The number of alkyl halides is 1. The number of aromatic nitrogens is 6. The van der Waals surface area contributed by atoms with Gasteiger partial charge in [-0.15, -0.1) is 5.10 Å². The van der Waals surface area contributed by atoms with Gasteiger partial charge in [0.1, 0.15) is 17.2 Å². The summed E-state index contributed by atoms with van der Waals surface area (Å²) in [5.74, 6) is 0.193. The van der Waals surface area contributed by atoms with Crippen LogP contribution in [0.5, 0.6) is 0 Å². The minimum absolute atomic E-state index is 0.0977. The van der Waals surface area contributed by atoms with Gasteiger partial charge in [-0.3, -0.25) is 4.98 Å². The highest BCUT2D eigenvalue weighted by Gasteiger charge is 2.24. The van der Waals surface area contributed by atoms with Crippen LogP contribution < -0.4 is 0 Å². The van der Waals surface area contributed by atoms with E-state index in [4.69, 9.17) is 4.52 Å². The van der Waals surface area contributed by atoms with Crippen molar-refractivity contribution >= 4 is 28.2 Å². The standard InChI is InChI=1S/C23H16FIN6O/c1-23(25)11-4-5-16(8-12-23)21-27-22(32-29-21)19-20(15-9-13-26-14-10-15)31(30-28-19)18-7-3-2-6-17(18)24/h2-14H,1H3. The van der Waals surface area contributed by atoms with Crippen LogP contribution in [0.2, 0.25) is 0 Å². The molecule has 0 saturated heterocycles. The quantitative estimate of drug-likeness (QED) is 0.262. The maximum Gasteiger partial charge on any atom is 0.281 e. The van der Waals surface area contributed by atoms with Gasteiger partial charge in [-0.1, -0.05) is 75.5 Å². The average molecular weight is 538 g/mol. The Bertz CT molecular complexity index is 1370. The minimum atomic E-state index is -0.423. The van der Waals surface area contributed by atoms with E-state index in [0.717, 1.165) is 11.1 Å². The third-order valence-electron chi connectivity index (χ3n) is 4.88. The van der Waals surface area contributed by atoms with Gasteiger partial charge in [-0.05, 0) is 31.2 Å². The Morgan fingerprint density at radius 1 is 1.09 bits per heavy atom. The Hall–Kier alpha value is -3.47. The first-order valence-electron chi connectivity index (χ1n) is 9.75. The molecule has 1 aliphatic rings. The molecule has 0 spiro atoms. The van der Waals surface area contributed by atoms with E-state index in [2.05, 4.69) is 67.1 Å². The average Bonchev–Trinajstić information content (AvgIpc) is 3.40. The molecule has 0 N–H and O–H groups in total. The highest BCUT2D eigenvalue weighted by atomic mass is 127. The van der Waals surface area contributed by atoms with Gasteiger partial charge in [0.25, 0.3) is 5.89 Å². The molecule has 1 aromatic carbocycles. The molecule has 1 unspecified atom stereocenters. The molecule has 1 atom stereocenters. The van der Waals surface area contributed by atoms with Gasteiger partial charge in [0.15, 0.2) is 5.69 Å². The second kappa shape index (κ2) is 8.23. The van der Waals surface area contributed by atoms with Crippen molar-refractivity contribution in [3.05, 3.63) is 90.8 Å². The van der Waals surface area contributed by atoms with Crippen LogP contribution in [0.15, 0.2) is 83.7 Å². The fourth-order valence-electron chi connectivity index (χ4n) is 3.28. The van der Waals surface area contributed by atoms with E-state index in [1.807, 2.05) is 18.2 Å². The summed E-state index contributed by atoms with van der Waals surface area (Å²) in [5.41, 5.74) is 2.69. The van der Waals surface area contributed by atoms with Crippen LogP contribution in [0.25, 0.3) is 34.1 Å². The number of halogens is 2. The number of pyridine rings is 1. The molecule has 4 aromatic rings. The third kappa shape index (κ3) is 3.91. The highest BCUT2D eigenvalue weighted by Crippen LogP contribution is 2.33. The van der Waals surface area contributed by atoms with Crippen LogP contribution in [-0.4, -0.2) is 33.5 Å². The highest BCUT2D eigenvalue weighted by molar-refractivity contribution is 14.1. The van der Waals surface area contributed by atoms with Gasteiger partial charge in [-0.25, -0.2) is 9.07 Å². The zero-order valence-corrected chi connectivity index (χ0v) is 19.0. The van der Waals surface area contributed by atoms with Gasteiger partial charge in [0, 0.05) is 23.5 Å². The van der Waals surface area contributed by atoms with Crippen molar-refractivity contribution in [2.75, 3.05) is 0 Å². The van der Waals surface area contributed by atoms with Crippen molar-refractivity contribution in [1.29, 1.82) is 0 Å². The first kappa shape index (κ1) is 20.4. The number of allylic oxidation sites excluding steroid dienone is 6. The molecule has 3 heterocycles. The van der Waals surface area contributed by atoms with E-state index in [1.54, 1.807) is 42.7 Å². The molecule has 0 aliphatic heterocycles. The van der Waals surface area contributed by atoms with E-state index in [-0.39, 0.29) is 15.0 Å². The number of nitrogens with zero attached hydrogens (tertiary/aromatic N) is 6. The zero-order chi connectivity index (χ0) is 22.1. The van der Waals surface area contributed by atoms with Crippen LogP contribution >= 0.6 is 22.6 Å². The fraction of sp³-hybridized carbons (Fsp3) is 0.0870. The van der Waals surface area contributed by atoms with Crippen molar-refractivity contribution in [1.82, 2.24) is 30.1 Å². The Balaban J connectivity index is 1.62. The molecule has 0 amide bonds. The summed E-state index contributed by atoms with van der Waals surface area (Å²) in [7, 11) is 0. The summed E-state index contributed by atoms with van der Waals surface area (Å²) in [4.78, 5) is 8.62. The predicted molar refractivity (Wildman–Crippen MR) is 127 cm³/mol. The van der Waals surface area contributed by atoms with Gasteiger partial charge < -0.3 is 4.52 Å².